The highest BCUT2D eigenvalue weighted by Gasteiger charge is 2.15. The summed E-state index contributed by atoms with van der Waals surface area (Å²) in [5.74, 6) is 0. The van der Waals surface area contributed by atoms with E-state index in [0.717, 1.165) is 10.2 Å². The molecule has 0 spiro atoms. The third-order valence-corrected chi connectivity index (χ3v) is 3.02. The highest BCUT2D eigenvalue weighted by molar-refractivity contribution is 9.10. The van der Waals surface area contributed by atoms with E-state index in [1.54, 1.807) is 19.1 Å². The zero-order chi connectivity index (χ0) is 10.1. The summed E-state index contributed by atoms with van der Waals surface area (Å²) in [4.78, 5) is 21.4. The standard InChI is InChI=1S/C7H9BrNO3P/c1-5-7(8)3-2-6(9-5)4-13(10,11)12/h2-3H,4H2,1H3,(H2,10,11,12). The summed E-state index contributed by atoms with van der Waals surface area (Å²) in [5.41, 5.74) is 1.14. The molecule has 4 nitrogen and oxygen atoms in total. The average molecular weight is 266 g/mol. The van der Waals surface area contributed by atoms with Crippen LogP contribution in [0.15, 0.2) is 16.6 Å². The van der Waals surface area contributed by atoms with Gasteiger partial charge in [-0.3, -0.25) is 9.55 Å². The lowest BCUT2D eigenvalue weighted by molar-refractivity contribution is 0.371. The van der Waals surface area contributed by atoms with E-state index in [4.69, 9.17) is 9.79 Å². The molecule has 0 amide bonds. The Kier molecular flexibility index (Phi) is 3.24. The molecule has 0 aliphatic carbocycles. The van der Waals surface area contributed by atoms with Crippen molar-refractivity contribution in [1.82, 2.24) is 4.98 Å². The number of aromatic nitrogens is 1. The number of hydrogen-bond acceptors (Lipinski definition) is 2. The molecule has 0 aliphatic heterocycles. The summed E-state index contributed by atoms with van der Waals surface area (Å²) in [7, 11) is -4.00. The normalized spacial score (nSPS) is 11.7. The first-order valence-corrected chi connectivity index (χ1v) is 6.14. The summed E-state index contributed by atoms with van der Waals surface area (Å²) in [5, 5.41) is 0. The smallest absolute Gasteiger partial charge is 0.324 e. The van der Waals surface area contributed by atoms with Crippen LogP contribution >= 0.6 is 23.5 Å². The Hall–Kier alpha value is -0.220. The van der Waals surface area contributed by atoms with E-state index in [1.165, 1.54) is 0 Å². The lowest BCUT2D eigenvalue weighted by atomic mass is 10.3. The molecular formula is C7H9BrNO3P. The van der Waals surface area contributed by atoms with Gasteiger partial charge in [-0.2, -0.15) is 0 Å². The molecule has 0 aromatic carbocycles. The monoisotopic (exact) mass is 265 g/mol. The highest BCUT2D eigenvalue weighted by atomic mass is 79.9. The van der Waals surface area contributed by atoms with Gasteiger partial charge in [0.1, 0.15) is 0 Å². The van der Waals surface area contributed by atoms with Crippen LogP contribution in [0.25, 0.3) is 0 Å². The third kappa shape index (κ3) is 3.56. The van der Waals surface area contributed by atoms with Crippen LogP contribution in [0.4, 0.5) is 0 Å². The molecule has 0 saturated carbocycles. The number of pyridine rings is 1. The third-order valence-electron chi connectivity index (χ3n) is 1.45. The van der Waals surface area contributed by atoms with Crippen molar-refractivity contribution in [3.8, 4) is 0 Å². The van der Waals surface area contributed by atoms with Crippen LogP contribution in [0.3, 0.4) is 0 Å². The predicted molar refractivity (Wildman–Crippen MR) is 52.4 cm³/mol. The van der Waals surface area contributed by atoms with Gasteiger partial charge in [-0.05, 0) is 35.0 Å². The van der Waals surface area contributed by atoms with Crippen molar-refractivity contribution in [2.45, 2.75) is 13.1 Å². The number of halogens is 1. The minimum Gasteiger partial charge on any atom is -0.324 e. The van der Waals surface area contributed by atoms with Crippen molar-refractivity contribution >= 4 is 23.5 Å². The van der Waals surface area contributed by atoms with Gasteiger partial charge in [0, 0.05) is 4.47 Å². The van der Waals surface area contributed by atoms with E-state index in [1.807, 2.05) is 0 Å². The topological polar surface area (TPSA) is 70.4 Å². The number of nitrogens with zero attached hydrogens (tertiary/aromatic N) is 1. The molecule has 0 fully saturated rings. The molecule has 0 saturated heterocycles. The zero-order valence-corrected chi connectivity index (χ0v) is 9.42. The first-order valence-electron chi connectivity index (χ1n) is 3.55. The summed E-state index contributed by atoms with van der Waals surface area (Å²) < 4.78 is 11.5. The molecule has 0 radical (unpaired) electrons. The van der Waals surface area contributed by atoms with Gasteiger partial charge in [-0.25, -0.2) is 0 Å². The predicted octanol–water partition coefficient (Wildman–Crippen LogP) is 1.83. The summed E-state index contributed by atoms with van der Waals surface area (Å²) in [6.07, 6.45) is -0.304. The van der Waals surface area contributed by atoms with E-state index in [0.29, 0.717) is 5.69 Å². The van der Waals surface area contributed by atoms with Crippen molar-refractivity contribution in [3.63, 3.8) is 0 Å². The molecule has 0 aliphatic rings. The van der Waals surface area contributed by atoms with Crippen LogP contribution in [-0.4, -0.2) is 14.8 Å². The Morgan fingerprint density at radius 1 is 1.54 bits per heavy atom. The van der Waals surface area contributed by atoms with Gasteiger partial charge in [-0.15, -0.1) is 0 Å². The Labute approximate surface area is 84.3 Å². The zero-order valence-electron chi connectivity index (χ0n) is 6.94. The quantitative estimate of drug-likeness (QED) is 0.801. The maximum absolute atomic E-state index is 10.6. The van der Waals surface area contributed by atoms with E-state index in [2.05, 4.69) is 20.9 Å². The van der Waals surface area contributed by atoms with Crippen LogP contribution in [0.1, 0.15) is 11.4 Å². The first kappa shape index (κ1) is 10.9. The van der Waals surface area contributed by atoms with Gasteiger partial charge in [0.05, 0.1) is 17.5 Å². The Bertz CT molecular complexity index is 363. The Morgan fingerprint density at radius 3 is 2.62 bits per heavy atom. The largest absolute Gasteiger partial charge is 0.331 e. The number of hydrogen-bond donors (Lipinski definition) is 2. The second kappa shape index (κ2) is 3.88. The molecule has 0 bridgehead atoms. The van der Waals surface area contributed by atoms with E-state index in [-0.39, 0.29) is 6.16 Å². The van der Waals surface area contributed by atoms with Gasteiger partial charge < -0.3 is 9.79 Å². The summed E-state index contributed by atoms with van der Waals surface area (Å²) in [6, 6.07) is 3.32. The SMILES string of the molecule is Cc1nc(CP(=O)(O)O)ccc1Br. The maximum Gasteiger partial charge on any atom is 0.331 e. The second-order valence-electron chi connectivity index (χ2n) is 2.69. The number of rotatable bonds is 2. The lowest BCUT2D eigenvalue weighted by Gasteiger charge is -2.04. The molecule has 0 atom stereocenters. The fraction of sp³-hybridized carbons (Fsp3) is 0.286. The van der Waals surface area contributed by atoms with Crippen LogP contribution in [0, 0.1) is 6.92 Å². The van der Waals surface area contributed by atoms with Crippen molar-refractivity contribution in [1.29, 1.82) is 0 Å². The molecule has 13 heavy (non-hydrogen) atoms. The molecule has 6 heteroatoms. The number of aryl methyl sites for hydroxylation is 1. The Morgan fingerprint density at radius 2 is 2.15 bits per heavy atom. The minimum atomic E-state index is -4.00. The molecular weight excluding hydrogens is 257 g/mol. The molecule has 1 aromatic rings. The van der Waals surface area contributed by atoms with Crippen LogP contribution in [-0.2, 0) is 10.7 Å². The molecule has 1 heterocycles. The van der Waals surface area contributed by atoms with Crippen LogP contribution in [0.5, 0.6) is 0 Å². The van der Waals surface area contributed by atoms with Crippen LogP contribution < -0.4 is 0 Å². The van der Waals surface area contributed by atoms with E-state index < -0.39 is 7.60 Å². The molecule has 0 unspecified atom stereocenters. The van der Waals surface area contributed by atoms with Crippen molar-refractivity contribution in [3.05, 3.63) is 28.0 Å². The van der Waals surface area contributed by atoms with Gasteiger partial charge in [-0.1, -0.05) is 0 Å². The van der Waals surface area contributed by atoms with Crippen molar-refractivity contribution < 1.29 is 14.4 Å². The van der Waals surface area contributed by atoms with Crippen molar-refractivity contribution in [2.75, 3.05) is 0 Å². The molecule has 72 valence electrons. The summed E-state index contributed by atoms with van der Waals surface area (Å²) >= 11 is 3.25. The van der Waals surface area contributed by atoms with Gasteiger partial charge in [0.25, 0.3) is 0 Å². The van der Waals surface area contributed by atoms with Crippen molar-refractivity contribution in [2.24, 2.45) is 0 Å². The summed E-state index contributed by atoms with van der Waals surface area (Å²) in [6.45, 7) is 1.77. The lowest BCUT2D eigenvalue weighted by Crippen LogP contribution is -1.93. The average Bonchev–Trinajstić information content (AvgIpc) is 1.94. The van der Waals surface area contributed by atoms with Crippen LogP contribution in [0.2, 0.25) is 0 Å². The van der Waals surface area contributed by atoms with Gasteiger partial charge >= 0.3 is 7.60 Å². The fourth-order valence-corrected chi connectivity index (χ4v) is 1.71. The highest BCUT2D eigenvalue weighted by Crippen LogP contribution is 2.38. The minimum absolute atomic E-state index is 0.304. The Balaban J connectivity index is 2.92. The molecule has 1 aromatic heterocycles. The fourth-order valence-electron chi connectivity index (χ4n) is 0.895. The van der Waals surface area contributed by atoms with Gasteiger partial charge in [0.2, 0.25) is 0 Å². The molecule has 1 rings (SSSR count). The van der Waals surface area contributed by atoms with E-state index >= 15 is 0 Å². The van der Waals surface area contributed by atoms with E-state index in [9.17, 15) is 4.57 Å². The molecule has 2 N–H and O–H groups in total. The second-order valence-corrected chi connectivity index (χ2v) is 5.19. The maximum atomic E-state index is 10.6. The van der Waals surface area contributed by atoms with Gasteiger partial charge in [0.15, 0.2) is 0 Å². The first-order chi connectivity index (χ1) is 5.88.